The molecule has 1 aromatic rings. The summed E-state index contributed by atoms with van der Waals surface area (Å²) >= 11 is 0. The quantitative estimate of drug-likeness (QED) is 0.568. The summed E-state index contributed by atoms with van der Waals surface area (Å²) in [4.78, 5) is 10.6. The van der Waals surface area contributed by atoms with E-state index in [0.717, 1.165) is 4.68 Å². The fraction of sp³-hybridized carbons (Fsp3) is 0.600. The number of aliphatic hydroxyl groups excluding tert-OH is 1. The average Bonchev–Trinajstić information content (AvgIpc) is 2.53. The number of rotatable bonds is 7. The van der Waals surface area contributed by atoms with Gasteiger partial charge in [-0.15, -0.1) is 0 Å². The van der Waals surface area contributed by atoms with Crippen molar-refractivity contribution in [2.24, 2.45) is 0 Å². The number of aryl methyl sites for hydroxylation is 1. The van der Waals surface area contributed by atoms with E-state index in [9.17, 15) is 13.2 Å². The molecule has 0 amide bonds. The monoisotopic (exact) mass is 291 g/mol. The van der Waals surface area contributed by atoms with E-state index in [4.69, 9.17) is 10.2 Å². The van der Waals surface area contributed by atoms with Crippen molar-refractivity contribution in [1.29, 1.82) is 0 Å². The van der Waals surface area contributed by atoms with Crippen molar-refractivity contribution in [3.8, 4) is 0 Å². The van der Waals surface area contributed by atoms with Crippen LogP contribution in [0.5, 0.6) is 0 Å². The molecule has 0 aliphatic rings. The van der Waals surface area contributed by atoms with Gasteiger partial charge in [0.15, 0.2) is 0 Å². The zero-order valence-corrected chi connectivity index (χ0v) is 11.6. The molecule has 8 nitrogen and oxygen atoms in total. The summed E-state index contributed by atoms with van der Waals surface area (Å²) in [6.07, 6.45) is 0.306. The lowest BCUT2D eigenvalue weighted by Crippen LogP contribution is -2.26. The Kier molecular flexibility index (Phi) is 5.04. The lowest BCUT2D eigenvalue weighted by Gasteiger charge is -2.06. The van der Waals surface area contributed by atoms with Crippen molar-refractivity contribution < 1.29 is 23.4 Å². The van der Waals surface area contributed by atoms with E-state index in [1.165, 1.54) is 13.8 Å². The molecular formula is C10H17N3O5S. The first-order valence-electron chi connectivity index (χ1n) is 5.66. The van der Waals surface area contributed by atoms with Gasteiger partial charge >= 0.3 is 5.97 Å². The van der Waals surface area contributed by atoms with E-state index in [2.05, 4.69) is 9.82 Å². The van der Waals surface area contributed by atoms with Gasteiger partial charge in [-0.2, -0.15) is 5.10 Å². The summed E-state index contributed by atoms with van der Waals surface area (Å²) < 4.78 is 27.6. The molecule has 1 heterocycles. The largest absolute Gasteiger partial charge is 0.480 e. The van der Waals surface area contributed by atoms with Crippen LogP contribution in [0.2, 0.25) is 0 Å². The summed E-state index contributed by atoms with van der Waals surface area (Å²) in [6, 6.07) is 0. The molecule has 0 fully saturated rings. The summed E-state index contributed by atoms with van der Waals surface area (Å²) in [5, 5.41) is 21.3. The zero-order chi connectivity index (χ0) is 14.6. The van der Waals surface area contributed by atoms with Crippen LogP contribution in [0.4, 0.5) is 0 Å². The number of hydrogen-bond donors (Lipinski definition) is 3. The highest BCUT2D eigenvalue weighted by Crippen LogP contribution is 2.19. The predicted molar refractivity (Wildman–Crippen MR) is 66.2 cm³/mol. The number of aromatic nitrogens is 2. The molecule has 0 aromatic carbocycles. The molecule has 108 valence electrons. The molecule has 0 radical (unpaired) electrons. The molecule has 0 aliphatic carbocycles. The normalized spacial score (nSPS) is 11.7. The fourth-order valence-electron chi connectivity index (χ4n) is 1.71. The molecule has 0 unspecified atom stereocenters. The Balaban J connectivity index is 3.06. The number of carboxylic acid groups (broad SMARTS) is 1. The van der Waals surface area contributed by atoms with Gasteiger partial charge in [0.25, 0.3) is 0 Å². The van der Waals surface area contributed by atoms with Gasteiger partial charge in [0.1, 0.15) is 11.4 Å². The number of sulfonamides is 1. The van der Waals surface area contributed by atoms with E-state index >= 15 is 0 Å². The van der Waals surface area contributed by atoms with Gasteiger partial charge in [0.2, 0.25) is 10.0 Å². The maximum atomic E-state index is 12.1. The molecule has 19 heavy (non-hydrogen) atoms. The topological polar surface area (TPSA) is 122 Å². The molecule has 3 N–H and O–H groups in total. The minimum Gasteiger partial charge on any atom is -0.480 e. The van der Waals surface area contributed by atoms with Crippen molar-refractivity contribution in [3.63, 3.8) is 0 Å². The molecule has 9 heteroatoms. The third-order valence-electron chi connectivity index (χ3n) is 2.50. The van der Waals surface area contributed by atoms with Crippen LogP contribution in [0.3, 0.4) is 0 Å². The Morgan fingerprint density at radius 3 is 2.58 bits per heavy atom. The van der Waals surface area contributed by atoms with Gasteiger partial charge in [-0.1, -0.05) is 0 Å². The SMILES string of the molecule is Cc1nn(CC(=O)O)c(C)c1S(=O)(=O)NCCCO. The average molecular weight is 291 g/mol. The molecule has 0 saturated carbocycles. The van der Waals surface area contributed by atoms with Crippen molar-refractivity contribution in [1.82, 2.24) is 14.5 Å². The van der Waals surface area contributed by atoms with E-state index in [-0.39, 0.29) is 29.4 Å². The number of carboxylic acids is 1. The van der Waals surface area contributed by atoms with Crippen molar-refractivity contribution in [2.45, 2.75) is 31.7 Å². The summed E-state index contributed by atoms with van der Waals surface area (Å²) in [5.41, 5.74) is 0.520. The van der Waals surface area contributed by atoms with Gasteiger partial charge in [0, 0.05) is 13.2 Å². The Morgan fingerprint density at radius 2 is 2.05 bits per heavy atom. The second-order valence-corrected chi connectivity index (χ2v) is 5.73. The van der Waals surface area contributed by atoms with E-state index in [0.29, 0.717) is 6.42 Å². The second kappa shape index (κ2) is 6.13. The number of carbonyl (C=O) groups is 1. The van der Waals surface area contributed by atoms with Gasteiger partial charge in [0.05, 0.1) is 11.4 Å². The standard InChI is InChI=1S/C10H17N3O5S/c1-7-10(19(17,18)11-4-3-5-14)8(2)13(12-7)6-9(15)16/h11,14H,3-6H2,1-2H3,(H,15,16). The highest BCUT2D eigenvalue weighted by Gasteiger charge is 2.24. The highest BCUT2D eigenvalue weighted by molar-refractivity contribution is 7.89. The third-order valence-corrected chi connectivity index (χ3v) is 4.21. The predicted octanol–water partition coefficient (Wildman–Crippen LogP) is -0.755. The fourth-order valence-corrected chi connectivity index (χ4v) is 3.19. The number of aliphatic hydroxyl groups is 1. The number of hydrogen-bond acceptors (Lipinski definition) is 5. The second-order valence-electron chi connectivity index (χ2n) is 4.03. The maximum absolute atomic E-state index is 12.1. The van der Waals surface area contributed by atoms with E-state index in [1.54, 1.807) is 0 Å². The number of aliphatic carboxylic acids is 1. The minimum atomic E-state index is -3.75. The van der Waals surface area contributed by atoms with Crippen LogP contribution in [0.1, 0.15) is 17.8 Å². The molecule has 1 rings (SSSR count). The van der Waals surface area contributed by atoms with Gasteiger partial charge in [-0.05, 0) is 20.3 Å². The first-order chi connectivity index (χ1) is 8.79. The lowest BCUT2D eigenvalue weighted by molar-refractivity contribution is -0.137. The molecular weight excluding hydrogens is 274 g/mol. The van der Waals surface area contributed by atoms with Gasteiger partial charge in [-0.25, -0.2) is 13.1 Å². The van der Waals surface area contributed by atoms with E-state index in [1.807, 2.05) is 0 Å². The summed E-state index contributed by atoms with van der Waals surface area (Å²) in [5.74, 6) is -1.09. The van der Waals surface area contributed by atoms with Crippen molar-refractivity contribution in [3.05, 3.63) is 11.4 Å². The van der Waals surface area contributed by atoms with Crippen LogP contribution in [-0.2, 0) is 21.4 Å². The maximum Gasteiger partial charge on any atom is 0.325 e. The van der Waals surface area contributed by atoms with Crippen LogP contribution in [-0.4, -0.2) is 47.5 Å². The van der Waals surface area contributed by atoms with Crippen LogP contribution >= 0.6 is 0 Å². The minimum absolute atomic E-state index is 0.00769. The molecule has 0 saturated heterocycles. The Morgan fingerprint density at radius 1 is 1.42 bits per heavy atom. The first kappa shape index (κ1) is 15.6. The smallest absolute Gasteiger partial charge is 0.325 e. The van der Waals surface area contributed by atoms with Crippen LogP contribution in [0.25, 0.3) is 0 Å². The Labute approximate surface area is 111 Å². The molecule has 0 aliphatic heterocycles. The van der Waals surface area contributed by atoms with Gasteiger partial charge < -0.3 is 10.2 Å². The van der Waals surface area contributed by atoms with Crippen molar-refractivity contribution in [2.75, 3.05) is 13.2 Å². The van der Waals surface area contributed by atoms with Crippen LogP contribution in [0.15, 0.2) is 4.90 Å². The van der Waals surface area contributed by atoms with Gasteiger partial charge in [-0.3, -0.25) is 9.48 Å². The highest BCUT2D eigenvalue weighted by atomic mass is 32.2. The lowest BCUT2D eigenvalue weighted by atomic mass is 10.4. The summed E-state index contributed by atoms with van der Waals surface area (Å²) in [6.45, 7) is 2.62. The molecule has 1 aromatic heterocycles. The van der Waals surface area contributed by atoms with Crippen LogP contribution < -0.4 is 4.72 Å². The number of nitrogens with zero attached hydrogens (tertiary/aromatic N) is 2. The zero-order valence-electron chi connectivity index (χ0n) is 10.8. The first-order valence-corrected chi connectivity index (χ1v) is 7.14. The Hall–Kier alpha value is -1.45. The van der Waals surface area contributed by atoms with Crippen LogP contribution in [0, 0.1) is 13.8 Å². The summed E-state index contributed by atoms with van der Waals surface area (Å²) in [7, 11) is -3.75. The third kappa shape index (κ3) is 3.75. The number of nitrogens with one attached hydrogen (secondary N) is 1. The van der Waals surface area contributed by atoms with Crippen molar-refractivity contribution >= 4 is 16.0 Å². The molecule has 0 spiro atoms. The Bertz CT molecular complexity index is 564. The van der Waals surface area contributed by atoms with E-state index < -0.39 is 22.5 Å². The molecule has 0 atom stereocenters. The molecule has 0 bridgehead atoms.